The van der Waals surface area contributed by atoms with Crippen LogP contribution in [-0.2, 0) is 20.9 Å². The van der Waals surface area contributed by atoms with Crippen molar-refractivity contribution in [1.29, 1.82) is 0 Å². The van der Waals surface area contributed by atoms with Crippen LogP contribution in [0.25, 0.3) is 0 Å². The molecule has 0 bridgehead atoms. The summed E-state index contributed by atoms with van der Waals surface area (Å²) < 4.78 is 10.5. The van der Waals surface area contributed by atoms with Gasteiger partial charge in [-0.15, -0.1) is 5.54 Å². The molecule has 0 aliphatic carbocycles. The molecule has 0 heterocycles. The molecular formula is C22H31NO6Si. The SMILES string of the molecule is COc1ccc(CN(C(=O)CCCC(=O)C#C[Si](C)(C)C)C(C)C(=O)O)cc1OC. The molecular weight excluding hydrogens is 402 g/mol. The quantitative estimate of drug-likeness (QED) is 0.450. The number of carboxylic acid groups (broad SMARTS) is 1. The van der Waals surface area contributed by atoms with Gasteiger partial charge in [0, 0.05) is 19.4 Å². The predicted octanol–water partition coefficient (Wildman–Crippen LogP) is 3.13. The van der Waals surface area contributed by atoms with E-state index < -0.39 is 20.1 Å². The third-order valence-corrected chi connectivity index (χ3v) is 5.19. The van der Waals surface area contributed by atoms with E-state index in [1.165, 1.54) is 26.0 Å². The number of hydrogen-bond acceptors (Lipinski definition) is 5. The number of ketones is 1. The zero-order valence-corrected chi connectivity index (χ0v) is 19.6. The largest absolute Gasteiger partial charge is 0.493 e. The zero-order chi connectivity index (χ0) is 22.9. The second-order valence-electron chi connectivity index (χ2n) is 8.00. The third-order valence-electron chi connectivity index (χ3n) is 4.32. The average Bonchev–Trinajstić information content (AvgIpc) is 2.68. The van der Waals surface area contributed by atoms with Gasteiger partial charge in [-0.1, -0.05) is 25.7 Å². The van der Waals surface area contributed by atoms with E-state index in [1.54, 1.807) is 18.2 Å². The lowest BCUT2D eigenvalue weighted by Gasteiger charge is -2.27. The molecule has 0 aliphatic heterocycles. The van der Waals surface area contributed by atoms with Crippen LogP contribution in [0.3, 0.4) is 0 Å². The fourth-order valence-electron chi connectivity index (χ4n) is 2.61. The van der Waals surface area contributed by atoms with Crippen molar-refractivity contribution in [2.24, 2.45) is 0 Å². The highest BCUT2D eigenvalue weighted by atomic mass is 28.3. The van der Waals surface area contributed by atoms with E-state index in [9.17, 15) is 19.5 Å². The van der Waals surface area contributed by atoms with Crippen molar-refractivity contribution >= 4 is 25.7 Å². The highest BCUT2D eigenvalue weighted by Gasteiger charge is 2.26. The molecule has 1 N–H and O–H groups in total. The fraction of sp³-hybridized carbons (Fsp3) is 0.500. The standard InChI is InChI=1S/C22H31NO6Si/c1-16(22(26)27)23(15-17-10-11-19(28-2)20(14-17)29-3)21(25)9-7-8-18(24)12-13-30(4,5)6/h10-11,14,16H,7-9,15H2,1-6H3,(H,26,27). The number of ether oxygens (including phenoxy) is 2. The molecule has 7 nitrogen and oxygen atoms in total. The van der Waals surface area contributed by atoms with Crippen molar-refractivity contribution in [3.63, 3.8) is 0 Å². The minimum Gasteiger partial charge on any atom is -0.493 e. The summed E-state index contributed by atoms with van der Waals surface area (Å²) in [6.45, 7) is 7.73. The summed E-state index contributed by atoms with van der Waals surface area (Å²) in [6.07, 6.45) is 0.576. The maximum absolute atomic E-state index is 12.7. The number of carbonyl (C=O) groups is 3. The Morgan fingerprint density at radius 2 is 1.73 bits per heavy atom. The predicted molar refractivity (Wildman–Crippen MR) is 117 cm³/mol. The smallest absolute Gasteiger partial charge is 0.326 e. The van der Waals surface area contributed by atoms with Gasteiger partial charge in [0.2, 0.25) is 11.7 Å². The van der Waals surface area contributed by atoms with Crippen molar-refractivity contribution in [3.8, 4) is 23.0 Å². The van der Waals surface area contributed by atoms with Crippen LogP contribution in [-0.4, -0.2) is 56.0 Å². The van der Waals surface area contributed by atoms with Gasteiger partial charge in [0.1, 0.15) is 14.1 Å². The van der Waals surface area contributed by atoms with Gasteiger partial charge in [0.15, 0.2) is 11.5 Å². The van der Waals surface area contributed by atoms with Gasteiger partial charge in [-0.3, -0.25) is 9.59 Å². The molecule has 0 saturated heterocycles. The topological polar surface area (TPSA) is 93.1 Å². The number of amides is 1. The highest BCUT2D eigenvalue weighted by Crippen LogP contribution is 2.28. The number of carbonyl (C=O) groups excluding carboxylic acids is 2. The first kappa shape index (κ1) is 25.2. The lowest BCUT2D eigenvalue weighted by atomic mass is 10.1. The summed E-state index contributed by atoms with van der Waals surface area (Å²) >= 11 is 0. The summed E-state index contributed by atoms with van der Waals surface area (Å²) in [6, 6.07) is 4.17. The number of rotatable bonds is 10. The van der Waals surface area contributed by atoms with E-state index in [0.29, 0.717) is 23.5 Å². The van der Waals surface area contributed by atoms with Crippen LogP contribution in [0.15, 0.2) is 18.2 Å². The van der Waals surface area contributed by atoms with Crippen molar-refractivity contribution in [2.75, 3.05) is 14.2 Å². The van der Waals surface area contributed by atoms with Crippen LogP contribution in [0.1, 0.15) is 31.7 Å². The first-order valence-corrected chi connectivity index (χ1v) is 13.3. The van der Waals surface area contributed by atoms with Crippen molar-refractivity contribution in [3.05, 3.63) is 23.8 Å². The minimum atomic E-state index is -1.63. The van der Waals surface area contributed by atoms with Crippen molar-refractivity contribution < 1.29 is 29.0 Å². The second-order valence-corrected chi connectivity index (χ2v) is 12.8. The summed E-state index contributed by atoms with van der Waals surface area (Å²) in [4.78, 5) is 37.5. The number of nitrogens with zero attached hydrogens (tertiary/aromatic N) is 1. The fourth-order valence-corrected chi connectivity index (χ4v) is 3.13. The lowest BCUT2D eigenvalue weighted by molar-refractivity contribution is -0.150. The average molecular weight is 434 g/mol. The number of aliphatic carboxylic acids is 1. The van der Waals surface area contributed by atoms with Crippen LogP contribution >= 0.6 is 0 Å². The van der Waals surface area contributed by atoms with E-state index in [-0.39, 0.29) is 31.1 Å². The van der Waals surface area contributed by atoms with E-state index in [4.69, 9.17) is 9.47 Å². The lowest BCUT2D eigenvalue weighted by Crippen LogP contribution is -2.42. The molecule has 1 rings (SSSR count). The molecule has 1 aromatic carbocycles. The molecule has 0 fully saturated rings. The summed E-state index contributed by atoms with van der Waals surface area (Å²) in [5, 5.41) is 9.41. The Morgan fingerprint density at radius 1 is 1.10 bits per heavy atom. The molecule has 1 amide bonds. The van der Waals surface area contributed by atoms with Crippen LogP contribution in [0.4, 0.5) is 0 Å². The zero-order valence-electron chi connectivity index (χ0n) is 18.6. The van der Waals surface area contributed by atoms with Crippen LogP contribution in [0.5, 0.6) is 11.5 Å². The van der Waals surface area contributed by atoms with Gasteiger partial charge in [-0.2, -0.15) is 0 Å². The van der Waals surface area contributed by atoms with E-state index in [1.807, 2.05) is 0 Å². The molecule has 0 aromatic heterocycles. The van der Waals surface area contributed by atoms with Gasteiger partial charge in [0.05, 0.1) is 14.2 Å². The Hall–Kier alpha value is -2.79. The van der Waals surface area contributed by atoms with Crippen LogP contribution in [0, 0.1) is 11.5 Å². The van der Waals surface area contributed by atoms with E-state index >= 15 is 0 Å². The molecule has 1 aromatic rings. The normalized spacial score (nSPS) is 11.7. The Morgan fingerprint density at radius 3 is 2.27 bits per heavy atom. The van der Waals surface area contributed by atoms with Gasteiger partial charge >= 0.3 is 5.97 Å². The first-order chi connectivity index (χ1) is 14.0. The summed E-state index contributed by atoms with van der Waals surface area (Å²) in [5.74, 6) is 2.08. The van der Waals surface area contributed by atoms with Gasteiger partial charge in [0.25, 0.3) is 0 Å². The molecule has 164 valence electrons. The summed E-state index contributed by atoms with van der Waals surface area (Å²) in [5.41, 5.74) is 3.73. The van der Waals surface area contributed by atoms with Crippen LogP contribution < -0.4 is 9.47 Å². The van der Waals surface area contributed by atoms with E-state index in [2.05, 4.69) is 31.1 Å². The third kappa shape index (κ3) is 8.29. The Kier molecular flexibility index (Phi) is 9.60. The highest BCUT2D eigenvalue weighted by molar-refractivity contribution is 6.84. The van der Waals surface area contributed by atoms with Crippen molar-refractivity contribution in [1.82, 2.24) is 4.90 Å². The number of benzene rings is 1. The van der Waals surface area contributed by atoms with Gasteiger partial charge < -0.3 is 19.5 Å². The Bertz CT molecular complexity index is 834. The van der Waals surface area contributed by atoms with Crippen LogP contribution in [0.2, 0.25) is 19.6 Å². The van der Waals surface area contributed by atoms with Crippen molar-refractivity contribution in [2.45, 2.75) is 58.4 Å². The summed E-state index contributed by atoms with van der Waals surface area (Å²) in [7, 11) is 1.40. The number of hydrogen-bond donors (Lipinski definition) is 1. The minimum absolute atomic E-state index is 0.0747. The number of Topliss-reactive ketones (excluding diaryl/α,β-unsaturated/α-hetero) is 1. The first-order valence-electron chi connectivity index (χ1n) is 9.77. The molecule has 0 aliphatic rings. The number of methoxy groups -OCH3 is 2. The molecule has 8 heteroatoms. The van der Waals surface area contributed by atoms with E-state index in [0.717, 1.165) is 0 Å². The molecule has 30 heavy (non-hydrogen) atoms. The Balaban J connectivity index is 2.85. The number of carboxylic acids is 1. The Labute approximate surface area is 179 Å². The molecule has 0 spiro atoms. The molecule has 1 unspecified atom stereocenters. The molecule has 1 atom stereocenters. The second kappa shape index (κ2) is 11.4. The van der Waals surface area contributed by atoms with Gasteiger partial charge in [-0.05, 0) is 37.0 Å². The maximum atomic E-state index is 12.7. The monoisotopic (exact) mass is 433 g/mol. The molecule has 0 radical (unpaired) electrons. The molecule has 0 saturated carbocycles. The maximum Gasteiger partial charge on any atom is 0.326 e. The van der Waals surface area contributed by atoms with Gasteiger partial charge in [-0.25, -0.2) is 4.79 Å².